The highest BCUT2D eigenvalue weighted by Gasteiger charge is 2.48. The van der Waals surface area contributed by atoms with Crippen LogP contribution >= 0.6 is 11.6 Å². The minimum absolute atomic E-state index is 0.0728. The molecule has 136 valence electrons. The summed E-state index contributed by atoms with van der Waals surface area (Å²) in [6.07, 6.45) is 0.0728. The Hall–Kier alpha value is -2.70. The molecule has 0 saturated carbocycles. The first-order valence-corrected chi connectivity index (χ1v) is 9.12. The van der Waals surface area contributed by atoms with Crippen LogP contribution in [0.4, 0.5) is 0 Å². The molecule has 0 saturated heterocycles. The number of hydrogen-bond acceptors (Lipinski definition) is 5. The number of ether oxygens (including phenoxy) is 1. The molecule has 3 aromatic rings. The van der Waals surface area contributed by atoms with E-state index in [0.717, 1.165) is 16.5 Å². The van der Waals surface area contributed by atoms with Crippen molar-refractivity contribution in [3.05, 3.63) is 63.4 Å². The lowest BCUT2D eigenvalue weighted by molar-refractivity contribution is -0.173. The predicted octanol–water partition coefficient (Wildman–Crippen LogP) is 2.82. The van der Waals surface area contributed by atoms with Crippen LogP contribution in [-0.2, 0) is 21.7 Å². The lowest BCUT2D eigenvalue weighted by Gasteiger charge is -2.33. The smallest absolute Gasteiger partial charge is 0.344 e. The van der Waals surface area contributed by atoms with E-state index in [0.29, 0.717) is 17.9 Å². The lowest BCUT2D eigenvalue weighted by Crippen LogP contribution is -2.45. The number of para-hydroxylation sites is 1. The van der Waals surface area contributed by atoms with Gasteiger partial charge in [0.15, 0.2) is 5.60 Å². The molecular formula is C20H15ClN2O4. The van der Waals surface area contributed by atoms with Crippen LogP contribution in [-0.4, -0.2) is 20.6 Å². The maximum absolute atomic E-state index is 13.1. The molecule has 2 aliphatic rings. The summed E-state index contributed by atoms with van der Waals surface area (Å²) in [5.74, 6) is -0.841. The van der Waals surface area contributed by atoms with Crippen molar-refractivity contribution in [2.75, 3.05) is 0 Å². The van der Waals surface area contributed by atoms with Crippen LogP contribution in [0.5, 0.6) is 0 Å². The Morgan fingerprint density at radius 3 is 2.89 bits per heavy atom. The number of carbonyl (C=O) groups excluding carboxylic acids is 1. The predicted molar refractivity (Wildman–Crippen MR) is 99.4 cm³/mol. The van der Waals surface area contributed by atoms with Gasteiger partial charge in [0.05, 0.1) is 29.0 Å². The zero-order valence-corrected chi connectivity index (χ0v) is 15.2. The molecule has 0 bridgehead atoms. The van der Waals surface area contributed by atoms with Gasteiger partial charge in [-0.2, -0.15) is 0 Å². The number of rotatable bonds is 1. The number of esters is 1. The first-order chi connectivity index (χ1) is 12.9. The number of pyridine rings is 2. The van der Waals surface area contributed by atoms with Gasteiger partial charge in [-0.15, -0.1) is 0 Å². The van der Waals surface area contributed by atoms with Crippen molar-refractivity contribution in [3.63, 3.8) is 0 Å². The molecule has 5 rings (SSSR count). The van der Waals surface area contributed by atoms with Gasteiger partial charge in [-0.3, -0.25) is 4.79 Å². The maximum atomic E-state index is 13.1. The Morgan fingerprint density at radius 2 is 2.11 bits per heavy atom. The Labute approximate surface area is 159 Å². The van der Waals surface area contributed by atoms with Crippen LogP contribution in [0.2, 0.25) is 0 Å². The fraction of sp³-hybridized carbons (Fsp3) is 0.250. The van der Waals surface area contributed by atoms with Gasteiger partial charge in [0, 0.05) is 16.5 Å². The topological polar surface area (TPSA) is 81.4 Å². The SMILES string of the molecule is CC[C@@]1(O)C(=O)OC(Cl)c2c1cc1n(c2=O)Cc2cc3ccccc3nc2-1. The van der Waals surface area contributed by atoms with Crippen LogP contribution in [0, 0.1) is 0 Å². The summed E-state index contributed by atoms with van der Waals surface area (Å²) in [5.41, 5.74) is -0.190. The molecule has 2 aromatic heterocycles. The number of aromatic nitrogens is 2. The van der Waals surface area contributed by atoms with Gasteiger partial charge in [0.2, 0.25) is 5.56 Å². The van der Waals surface area contributed by atoms with Crippen LogP contribution in [0.15, 0.2) is 41.2 Å². The number of halogens is 1. The number of aliphatic hydroxyl groups is 1. The average molecular weight is 383 g/mol. The van der Waals surface area contributed by atoms with Crippen molar-refractivity contribution in [2.24, 2.45) is 0 Å². The van der Waals surface area contributed by atoms with E-state index in [1.165, 1.54) is 0 Å². The van der Waals surface area contributed by atoms with Gasteiger partial charge in [0.25, 0.3) is 5.56 Å². The molecule has 1 aromatic carbocycles. The summed E-state index contributed by atoms with van der Waals surface area (Å²) in [5, 5.41) is 11.9. The van der Waals surface area contributed by atoms with Crippen LogP contribution in [0.3, 0.4) is 0 Å². The first kappa shape index (κ1) is 16.5. The highest BCUT2D eigenvalue weighted by Crippen LogP contribution is 2.42. The van der Waals surface area contributed by atoms with E-state index >= 15 is 0 Å². The quantitative estimate of drug-likeness (QED) is 0.404. The Bertz CT molecular complexity index is 1200. The van der Waals surface area contributed by atoms with E-state index in [2.05, 4.69) is 0 Å². The van der Waals surface area contributed by atoms with E-state index in [-0.39, 0.29) is 23.1 Å². The number of benzene rings is 1. The minimum Gasteiger partial charge on any atom is -0.439 e. The van der Waals surface area contributed by atoms with Gasteiger partial charge in [-0.1, -0.05) is 36.7 Å². The number of hydrogen-bond donors (Lipinski definition) is 1. The molecule has 1 unspecified atom stereocenters. The van der Waals surface area contributed by atoms with Gasteiger partial charge in [-0.05, 0) is 24.6 Å². The summed E-state index contributed by atoms with van der Waals surface area (Å²) in [7, 11) is 0. The zero-order chi connectivity index (χ0) is 18.9. The number of carbonyl (C=O) groups is 1. The monoisotopic (exact) mass is 382 g/mol. The summed E-state index contributed by atoms with van der Waals surface area (Å²) in [6.45, 7) is 2.01. The molecule has 6 nitrogen and oxygen atoms in total. The largest absolute Gasteiger partial charge is 0.439 e. The van der Waals surface area contributed by atoms with Crippen molar-refractivity contribution >= 4 is 28.5 Å². The standard InChI is InChI=1S/C20H15ClN2O4/c1-2-20(26)12-8-14-16-11(7-10-5-3-4-6-13(10)22-16)9-23(14)18(24)15(12)17(21)27-19(20)25/h3-8,17,26H,2,9H2,1H3/t17?,20-/m0/s1. The summed E-state index contributed by atoms with van der Waals surface area (Å²) >= 11 is 6.15. The molecule has 0 radical (unpaired) electrons. The molecule has 1 N–H and O–H groups in total. The molecule has 2 aliphatic heterocycles. The van der Waals surface area contributed by atoms with Crippen molar-refractivity contribution < 1.29 is 14.6 Å². The zero-order valence-electron chi connectivity index (χ0n) is 14.4. The Kier molecular flexibility index (Phi) is 3.30. The van der Waals surface area contributed by atoms with E-state index < -0.39 is 17.1 Å². The van der Waals surface area contributed by atoms with Crippen molar-refractivity contribution in [3.8, 4) is 11.4 Å². The Morgan fingerprint density at radius 1 is 1.33 bits per heavy atom. The summed E-state index contributed by atoms with van der Waals surface area (Å²) in [4.78, 5) is 30.1. The van der Waals surface area contributed by atoms with E-state index in [9.17, 15) is 14.7 Å². The Balaban J connectivity index is 1.83. The second kappa shape index (κ2) is 5.41. The van der Waals surface area contributed by atoms with E-state index in [1.54, 1.807) is 17.6 Å². The minimum atomic E-state index is -1.89. The van der Waals surface area contributed by atoms with Crippen molar-refractivity contribution in [1.29, 1.82) is 0 Å². The van der Waals surface area contributed by atoms with E-state index in [4.69, 9.17) is 21.3 Å². The molecule has 27 heavy (non-hydrogen) atoms. The van der Waals surface area contributed by atoms with Gasteiger partial charge in [0.1, 0.15) is 0 Å². The number of alkyl halides is 1. The lowest BCUT2D eigenvalue weighted by atomic mass is 9.86. The number of cyclic esters (lactones) is 1. The summed E-state index contributed by atoms with van der Waals surface area (Å²) < 4.78 is 6.62. The molecule has 2 atom stereocenters. The fourth-order valence-corrected chi connectivity index (χ4v) is 4.24. The highest BCUT2D eigenvalue weighted by molar-refractivity contribution is 6.21. The maximum Gasteiger partial charge on any atom is 0.344 e. The fourth-order valence-electron chi connectivity index (χ4n) is 3.94. The van der Waals surface area contributed by atoms with Crippen molar-refractivity contribution in [2.45, 2.75) is 31.1 Å². The van der Waals surface area contributed by atoms with Crippen molar-refractivity contribution in [1.82, 2.24) is 9.55 Å². The molecule has 0 fully saturated rings. The normalized spacial score (nSPS) is 22.9. The van der Waals surface area contributed by atoms with Crippen LogP contribution in [0.25, 0.3) is 22.3 Å². The molecule has 0 aliphatic carbocycles. The highest BCUT2D eigenvalue weighted by atomic mass is 35.5. The summed E-state index contributed by atoms with van der Waals surface area (Å²) in [6, 6.07) is 11.4. The number of fused-ring (bicyclic) bond motifs is 5. The second-order valence-electron chi connectivity index (χ2n) is 6.87. The van der Waals surface area contributed by atoms with Crippen LogP contribution < -0.4 is 5.56 Å². The number of nitrogens with zero attached hydrogens (tertiary/aromatic N) is 2. The van der Waals surface area contributed by atoms with E-state index in [1.807, 2.05) is 30.3 Å². The molecule has 4 heterocycles. The second-order valence-corrected chi connectivity index (χ2v) is 7.27. The third kappa shape index (κ3) is 2.08. The van der Waals surface area contributed by atoms with Crippen LogP contribution in [0.1, 0.15) is 35.6 Å². The van der Waals surface area contributed by atoms with Gasteiger partial charge < -0.3 is 14.4 Å². The van der Waals surface area contributed by atoms with Gasteiger partial charge in [-0.25, -0.2) is 9.78 Å². The first-order valence-electron chi connectivity index (χ1n) is 8.69. The van der Waals surface area contributed by atoms with Gasteiger partial charge >= 0.3 is 5.97 Å². The molecule has 0 amide bonds. The average Bonchev–Trinajstić information content (AvgIpc) is 3.02. The third-order valence-electron chi connectivity index (χ3n) is 5.44. The molecular weight excluding hydrogens is 368 g/mol. The molecule has 7 heteroatoms. The third-order valence-corrected chi connectivity index (χ3v) is 5.75. The molecule has 0 spiro atoms.